The zero-order chi connectivity index (χ0) is 15.3. The van der Waals surface area contributed by atoms with Crippen molar-refractivity contribution in [1.29, 1.82) is 0 Å². The highest BCUT2D eigenvalue weighted by molar-refractivity contribution is 7.89. The first-order valence-corrected chi connectivity index (χ1v) is 9.27. The van der Waals surface area contributed by atoms with E-state index in [0.717, 1.165) is 25.4 Å². The highest BCUT2D eigenvalue weighted by Crippen LogP contribution is 2.18. The first kappa shape index (κ1) is 16.5. The maximum absolute atomic E-state index is 12.1. The summed E-state index contributed by atoms with van der Waals surface area (Å²) in [6, 6.07) is 7.93. The lowest BCUT2D eigenvalue weighted by Gasteiger charge is -2.09. The predicted molar refractivity (Wildman–Crippen MR) is 85.8 cm³/mol. The van der Waals surface area contributed by atoms with E-state index < -0.39 is 10.0 Å². The van der Waals surface area contributed by atoms with Crippen molar-refractivity contribution in [2.45, 2.75) is 50.5 Å². The van der Waals surface area contributed by atoms with Crippen molar-refractivity contribution in [1.82, 2.24) is 10.0 Å². The molecule has 2 N–H and O–H groups in total. The summed E-state index contributed by atoms with van der Waals surface area (Å²) in [5, 5.41) is 3.46. The van der Waals surface area contributed by atoms with Gasteiger partial charge in [-0.1, -0.05) is 26.0 Å². The van der Waals surface area contributed by atoms with Crippen LogP contribution in [0.3, 0.4) is 0 Å². The van der Waals surface area contributed by atoms with Gasteiger partial charge in [0.15, 0.2) is 0 Å². The molecule has 1 saturated carbocycles. The van der Waals surface area contributed by atoms with Gasteiger partial charge in [-0.05, 0) is 55.8 Å². The molecule has 0 saturated heterocycles. The molecule has 0 unspecified atom stereocenters. The van der Waals surface area contributed by atoms with Crippen molar-refractivity contribution in [3.63, 3.8) is 0 Å². The maximum Gasteiger partial charge on any atom is 0.240 e. The minimum absolute atomic E-state index is 0.352. The minimum Gasteiger partial charge on any atom is -0.314 e. The Morgan fingerprint density at radius 2 is 1.81 bits per heavy atom. The highest BCUT2D eigenvalue weighted by Gasteiger charge is 2.19. The molecule has 1 aromatic carbocycles. The van der Waals surface area contributed by atoms with Crippen LogP contribution in [0.2, 0.25) is 0 Å². The molecule has 0 heterocycles. The van der Waals surface area contributed by atoms with E-state index in [1.165, 1.54) is 18.4 Å². The second-order valence-electron chi connectivity index (χ2n) is 6.20. The SMILES string of the molecule is CC(C)CCNS(=O)(=O)c1ccc(CCNC2CC2)cc1. The van der Waals surface area contributed by atoms with Crippen LogP contribution >= 0.6 is 0 Å². The van der Waals surface area contributed by atoms with Crippen molar-refractivity contribution in [2.75, 3.05) is 13.1 Å². The second kappa shape index (κ2) is 7.38. The number of hydrogen-bond donors (Lipinski definition) is 2. The molecule has 1 fully saturated rings. The quantitative estimate of drug-likeness (QED) is 0.736. The number of benzene rings is 1. The fourth-order valence-electron chi connectivity index (χ4n) is 2.11. The molecule has 21 heavy (non-hydrogen) atoms. The first-order chi connectivity index (χ1) is 9.97. The molecule has 0 radical (unpaired) electrons. The van der Waals surface area contributed by atoms with Crippen LogP contribution < -0.4 is 10.0 Å². The number of hydrogen-bond acceptors (Lipinski definition) is 3. The topological polar surface area (TPSA) is 58.2 Å². The van der Waals surface area contributed by atoms with Gasteiger partial charge in [0, 0.05) is 12.6 Å². The molecule has 1 aromatic rings. The molecule has 1 aliphatic carbocycles. The molecule has 5 heteroatoms. The molecule has 0 amide bonds. The van der Waals surface area contributed by atoms with Crippen molar-refractivity contribution < 1.29 is 8.42 Å². The Kier molecular flexibility index (Phi) is 5.79. The van der Waals surface area contributed by atoms with Crippen molar-refractivity contribution in [3.05, 3.63) is 29.8 Å². The lowest BCUT2D eigenvalue weighted by molar-refractivity contribution is 0.551. The molecule has 118 valence electrons. The standard InChI is InChI=1S/C16H26N2O2S/c1-13(2)9-12-18-21(19,20)16-7-3-14(4-8-16)10-11-17-15-5-6-15/h3-4,7-8,13,15,17-18H,5-6,9-12H2,1-2H3. The summed E-state index contributed by atoms with van der Waals surface area (Å²) in [6.45, 7) is 5.62. The summed E-state index contributed by atoms with van der Waals surface area (Å²) in [5.74, 6) is 0.494. The maximum atomic E-state index is 12.1. The number of rotatable bonds is 9. The average Bonchev–Trinajstić information content (AvgIpc) is 3.23. The molecular formula is C16H26N2O2S. The van der Waals surface area contributed by atoms with Gasteiger partial charge in [0.1, 0.15) is 0 Å². The van der Waals surface area contributed by atoms with Crippen LogP contribution in [0, 0.1) is 5.92 Å². The van der Waals surface area contributed by atoms with Crippen molar-refractivity contribution >= 4 is 10.0 Å². The summed E-state index contributed by atoms with van der Waals surface area (Å²) >= 11 is 0. The third-order valence-electron chi connectivity index (χ3n) is 3.67. The molecule has 0 atom stereocenters. The fraction of sp³-hybridized carbons (Fsp3) is 0.625. The van der Waals surface area contributed by atoms with E-state index in [1.54, 1.807) is 12.1 Å². The summed E-state index contributed by atoms with van der Waals surface area (Å²) in [5.41, 5.74) is 1.17. The van der Waals surface area contributed by atoms with Crippen molar-refractivity contribution in [3.8, 4) is 0 Å². The van der Waals surface area contributed by atoms with Gasteiger partial charge in [-0.2, -0.15) is 0 Å². The monoisotopic (exact) mass is 310 g/mol. The molecule has 2 rings (SSSR count). The summed E-state index contributed by atoms with van der Waals surface area (Å²) in [7, 11) is -3.36. The van der Waals surface area contributed by atoms with Crippen LogP contribution in [0.5, 0.6) is 0 Å². The van der Waals surface area contributed by atoms with Gasteiger partial charge in [0.05, 0.1) is 4.90 Å². The summed E-state index contributed by atoms with van der Waals surface area (Å²) in [6.07, 6.45) is 4.38. The minimum atomic E-state index is -3.36. The van der Waals surface area contributed by atoms with Crippen molar-refractivity contribution in [2.24, 2.45) is 5.92 Å². The predicted octanol–water partition coefficient (Wildman–Crippen LogP) is 2.31. The van der Waals surface area contributed by atoms with Crippen LogP contribution in [-0.2, 0) is 16.4 Å². The van der Waals surface area contributed by atoms with Gasteiger partial charge in [-0.15, -0.1) is 0 Å². The van der Waals surface area contributed by atoms with Gasteiger partial charge in [0.25, 0.3) is 0 Å². The second-order valence-corrected chi connectivity index (χ2v) is 7.97. The smallest absolute Gasteiger partial charge is 0.240 e. The van der Waals surface area contributed by atoms with E-state index in [-0.39, 0.29) is 0 Å². The fourth-order valence-corrected chi connectivity index (χ4v) is 3.16. The Bertz CT molecular complexity index is 534. The van der Waals surface area contributed by atoms with Crippen LogP contribution in [0.25, 0.3) is 0 Å². The number of nitrogens with one attached hydrogen (secondary N) is 2. The largest absolute Gasteiger partial charge is 0.314 e. The van der Waals surface area contributed by atoms with Gasteiger partial charge in [0.2, 0.25) is 10.0 Å². The third-order valence-corrected chi connectivity index (χ3v) is 5.15. The Labute approximate surface area is 128 Å². The Hall–Kier alpha value is -0.910. The Balaban J connectivity index is 1.84. The van der Waals surface area contributed by atoms with E-state index in [4.69, 9.17) is 0 Å². The van der Waals surface area contributed by atoms with Crippen LogP contribution in [0.4, 0.5) is 0 Å². The van der Waals surface area contributed by atoms with E-state index >= 15 is 0 Å². The molecule has 0 spiro atoms. The lowest BCUT2D eigenvalue weighted by Crippen LogP contribution is -2.25. The van der Waals surface area contributed by atoms with E-state index in [2.05, 4.69) is 23.9 Å². The molecule has 0 bridgehead atoms. The third kappa shape index (κ3) is 5.77. The first-order valence-electron chi connectivity index (χ1n) is 7.79. The molecule has 0 aromatic heterocycles. The average molecular weight is 310 g/mol. The van der Waals surface area contributed by atoms with E-state index in [9.17, 15) is 8.42 Å². The zero-order valence-corrected chi connectivity index (χ0v) is 13.7. The zero-order valence-electron chi connectivity index (χ0n) is 12.9. The molecule has 4 nitrogen and oxygen atoms in total. The summed E-state index contributed by atoms with van der Waals surface area (Å²) in [4.78, 5) is 0.352. The lowest BCUT2D eigenvalue weighted by atomic mass is 10.1. The van der Waals surface area contributed by atoms with Gasteiger partial charge >= 0.3 is 0 Å². The summed E-state index contributed by atoms with van der Waals surface area (Å²) < 4.78 is 26.9. The van der Waals surface area contributed by atoms with Crippen LogP contribution in [0.1, 0.15) is 38.7 Å². The van der Waals surface area contributed by atoms with Crippen LogP contribution in [-0.4, -0.2) is 27.5 Å². The number of sulfonamides is 1. The van der Waals surface area contributed by atoms with Gasteiger partial charge < -0.3 is 5.32 Å². The van der Waals surface area contributed by atoms with Gasteiger partial charge in [-0.3, -0.25) is 0 Å². The Morgan fingerprint density at radius 3 is 2.38 bits per heavy atom. The molecule has 1 aliphatic rings. The molecule has 0 aliphatic heterocycles. The molecular weight excluding hydrogens is 284 g/mol. The van der Waals surface area contributed by atoms with E-state index in [1.807, 2.05) is 12.1 Å². The van der Waals surface area contributed by atoms with E-state index in [0.29, 0.717) is 17.4 Å². The Morgan fingerprint density at radius 1 is 1.14 bits per heavy atom. The van der Waals surface area contributed by atoms with Gasteiger partial charge in [-0.25, -0.2) is 13.1 Å². The highest BCUT2D eigenvalue weighted by atomic mass is 32.2. The normalized spacial score (nSPS) is 15.6. The van der Waals surface area contributed by atoms with Crippen LogP contribution in [0.15, 0.2) is 29.2 Å².